The molecule has 0 heterocycles. The van der Waals surface area contributed by atoms with Crippen molar-refractivity contribution >= 4 is 5.91 Å². The second-order valence-corrected chi connectivity index (χ2v) is 18.5. The monoisotopic (exact) mass is 747 g/mol. The molecule has 1 unspecified atom stereocenters. The summed E-state index contributed by atoms with van der Waals surface area (Å²) in [4.78, 5) is 16.1. The normalized spacial score (nSPS) is 34.3. The molecule has 4 fully saturated rings. The van der Waals surface area contributed by atoms with Crippen molar-refractivity contribution in [1.82, 2.24) is 4.90 Å². The average molecular weight is 747 g/mol. The minimum Gasteiger partial charge on any atom is -0.378 e. The van der Waals surface area contributed by atoms with Crippen LogP contribution in [0.5, 0.6) is 0 Å². The van der Waals surface area contributed by atoms with Crippen LogP contribution in [0, 0.1) is 46.3 Å². The zero-order chi connectivity index (χ0) is 38.3. The molecule has 0 aromatic rings. The fourth-order valence-corrected chi connectivity index (χ4v) is 12.1. The van der Waals surface area contributed by atoms with E-state index in [-0.39, 0.29) is 23.0 Å². The average Bonchev–Trinajstić information content (AvgIpc) is 3.51. The SMILES string of the molecule is CCCCCCN(CCCCCC)C(=O)CC[C@@H](C)[C@H]1CC[C@H]2[C@@H]3[C@H](OCCCN)C[C@@H]4CC(OCCCN)CC[C@]4(C)[C@H]3C[C@H](OCCCN)[C@]12C. The molecule has 0 saturated heterocycles. The van der Waals surface area contributed by atoms with Gasteiger partial charge in [0.1, 0.15) is 0 Å². The number of rotatable bonds is 26. The molecule has 4 rings (SSSR count). The summed E-state index contributed by atoms with van der Waals surface area (Å²) >= 11 is 0. The van der Waals surface area contributed by atoms with Crippen molar-refractivity contribution in [2.75, 3.05) is 52.5 Å². The van der Waals surface area contributed by atoms with E-state index in [2.05, 4.69) is 39.5 Å². The number of fused-ring (bicyclic) bond motifs is 5. The lowest BCUT2D eigenvalue weighted by Crippen LogP contribution is -2.63. The quantitative estimate of drug-likeness (QED) is 0.0759. The second-order valence-electron chi connectivity index (χ2n) is 18.5. The van der Waals surface area contributed by atoms with Crippen molar-refractivity contribution in [2.45, 2.75) is 181 Å². The highest BCUT2D eigenvalue weighted by atomic mass is 16.5. The van der Waals surface area contributed by atoms with Gasteiger partial charge in [0.05, 0.1) is 18.3 Å². The zero-order valence-electron chi connectivity index (χ0n) is 35.3. The third-order valence-electron chi connectivity index (χ3n) is 15.2. The molecule has 53 heavy (non-hydrogen) atoms. The Hall–Kier alpha value is -0.770. The fraction of sp³-hybridized carbons (Fsp3) is 0.978. The summed E-state index contributed by atoms with van der Waals surface area (Å²) in [6.45, 7) is 18.3. The van der Waals surface area contributed by atoms with E-state index in [0.29, 0.717) is 73.6 Å². The van der Waals surface area contributed by atoms with Gasteiger partial charge >= 0.3 is 0 Å². The molecule has 8 nitrogen and oxygen atoms in total. The van der Waals surface area contributed by atoms with Gasteiger partial charge in [-0.2, -0.15) is 0 Å². The molecule has 11 atom stereocenters. The van der Waals surface area contributed by atoms with E-state index in [1.165, 1.54) is 57.8 Å². The number of unbranched alkanes of at least 4 members (excludes halogenated alkanes) is 6. The van der Waals surface area contributed by atoms with E-state index >= 15 is 0 Å². The highest BCUT2D eigenvalue weighted by Gasteiger charge is 2.66. The Morgan fingerprint density at radius 2 is 1.36 bits per heavy atom. The van der Waals surface area contributed by atoms with Crippen LogP contribution in [0.4, 0.5) is 0 Å². The summed E-state index contributed by atoms with van der Waals surface area (Å²) < 4.78 is 20.4. The van der Waals surface area contributed by atoms with Crippen LogP contribution in [0.3, 0.4) is 0 Å². The zero-order valence-corrected chi connectivity index (χ0v) is 35.3. The summed E-state index contributed by atoms with van der Waals surface area (Å²) in [6.07, 6.45) is 23.0. The Labute approximate surface area is 326 Å². The van der Waals surface area contributed by atoms with Gasteiger partial charge in [0, 0.05) is 44.7 Å². The van der Waals surface area contributed by atoms with Crippen LogP contribution in [0.15, 0.2) is 0 Å². The number of amides is 1. The predicted molar refractivity (Wildman–Crippen MR) is 219 cm³/mol. The molecule has 0 aliphatic heterocycles. The third-order valence-corrected chi connectivity index (χ3v) is 15.2. The van der Waals surface area contributed by atoms with Gasteiger partial charge in [0.25, 0.3) is 0 Å². The van der Waals surface area contributed by atoms with Gasteiger partial charge in [-0.3, -0.25) is 4.79 Å². The maximum absolute atomic E-state index is 13.9. The maximum atomic E-state index is 13.9. The molecule has 6 N–H and O–H groups in total. The Kier molecular flexibility index (Phi) is 19.4. The van der Waals surface area contributed by atoms with Crippen LogP contribution >= 0.6 is 0 Å². The number of hydrogen-bond acceptors (Lipinski definition) is 7. The van der Waals surface area contributed by atoms with Crippen LogP contribution < -0.4 is 17.2 Å². The van der Waals surface area contributed by atoms with E-state index in [1.807, 2.05) is 0 Å². The lowest BCUT2D eigenvalue weighted by Gasteiger charge is -2.65. The van der Waals surface area contributed by atoms with Crippen molar-refractivity contribution in [3.8, 4) is 0 Å². The van der Waals surface area contributed by atoms with Gasteiger partial charge in [0.2, 0.25) is 5.91 Å². The fourth-order valence-electron chi connectivity index (χ4n) is 12.1. The lowest BCUT2D eigenvalue weighted by atomic mass is 9.43. The molecule has 310 valence electrons. The molecule has 0 radical (unpaired) electrons. The number of ether oxygens (including phenoxy) is 3. The van der Waals surface area contributed by atoms with Gasteiger partial charge in [-0.1, -0.05) is 73.1 Å². The van der Waals surface area contributed by atoms with Crippen LogP contribution in [-0.4, -0.2) is 81.7 Å². The number of nitrogens with two attached hydrogens (primary N) is 3. The first-order chi connectivity index (χ1) is 25.7. The summed E-state index contributed by atoms with van der Waals surface area (Å²) in [5, 5.41) is 0. The third kappa shape index (κ3) is 11.4. The largest absolute Gasteiger partial charge is 0.378 e. The first-order valence-electron chi connectivity index (χ1n) is 22.9. The first kappa shape index (κ1) is 44.9. The number of hydrogen-bond donors (Lipinski definition) is 3. The smallest absolute Gasteiger partial charge is 0.222 e. The number of carbonyl (C=O) groups is 1. The van der Waals surface area contributed by atoms with Crippen molar-refractivity contribution in [3.63, 3.8) is 0 Å². The van der Waals surface area contributed by atoms with Crippen LogP contribution in [0.1, 0.15) is 163 Å². The molecule has 0 bridgehead atoms. The van der Waals surface area contributed by atoms with Gasteiger partial charge in [0.15, 0.2) is 0 Å². The highest BCUT2D eigenvalue weighted by molar-refractivity contribution is 5.76. The summed E-state index contributed by atoms with van der Waals surface area (Å²) in [7, 11) is 0. The summed E-state index contributed by atoms with van der Waals surface area (Å²) in [5.74, 6) is 3.63. The highest BCUT2D eigenvalue weighted by Crippen LogP contribution is 2.69. The molecule has 8 heteroatoms. The van der Waals surface area contributed by atoms with Crippen LogP contribution in [0.25, 0.3) is 0 Å². The summed E-state index contributed by atoms with van der Waals surface area (Å²) in [5.41, 5.74) is 18.1. The van der Waals surface area contributed by atoms with E-state index < -0.39 is 0 Å². The molecule has 0 spiro atoms. The molecule has 0 aromatic carbocycles. The summed E-state index contributed by atoms with van der Waals surface area (Å²) in [6, 6.07) is 0. The lowest BCUT2D eigenvalue weighted by molar-refractivity contribution is -0.227. The van der Waals surface area contributed by atoms with Gasteiger partial charge < -0.3 is 36.3 Å². The number of nitrogens with zero attached hydrogens (tertiary/aromatic N) is 1. The minimum atomic E-state index is 0.0550. The van der Waals surface area contributed by atoms with Crippen molar-refractivity contribution < 1.29 is 19.0 Å². The Morgan fingerprint density at radius 3 is 1.98 bits per heavy atom. The standard InChI is InChI=1S/C45H86N4O4/c1-6-8-10-12-26-49(27-13-11-9-7-2)42(50)20-17-34(3)37-18-19-38-43-39(33-41(45(37,38)5)53-30-16-25-48)44(4)22-21-36(51-28-14-23-46)31-35(44)32-40(43)52-29-15-24-47/h34-41,43H,6-33,46-48H2,1-5H3/t34-,35+,36?,37-,38+,39+,40-,41+,43+,44+,45-/m1/s1. The Morgan fingerprint density at radius 1 is 0.736 bits per heavy atom. The van der Waals surface area contributed by atoms with Crippen LogP contribution in [0.2, 0.25) is 0 Å². The molecule has 4 saturated carbocycles. The molecular weight excluding hydrogens is 661 g/mol. The van der Waals surface area contributed by atoms with E-state index in [9.17, 15) is 4.79 Å². The second kappa shape index (κ2) is 22.8. The van der Waals surface area contributed by atoms with E-state index in [1.54, 1.807) is 0 Å². The van der Waals surface area contributed by atoms with Crippen molar-refractivity contribution in [1.29, 1.82) is 0 Å². The van der Waals surface area contributed by atoms with Gasteiger partial charge in [-0.05, 0) is 144 Å². The molecule has 4 aliphatic carbocycles. The van der Waals surface area contributed by atoms with E-state index in [4.69, 9.17) is 31.4 Å². The minimum absolute atomic E-state index is 0.0550. The predicted octanol–water partition coefficient (Wildman–Crippen LogP) is 8.47. The Balaban J connectivity index is 1.54. The van der Waals surface area contributed by atoms with Crippen molar-refractivity contribution in [3.05, 3.63) is 0 Å². The van der Waals surface area contributed by atoms with E-state index in [0.717, 1.165) is 97.1 Å². The van der Waals surface area contributed by atoms with Gasteiger partial charge in [-0.15, -0.1) is 0 Å². The molecule has 0 aromatic heterocycles. The van der Waals surface area contributed by atoms with Crippen molar-refractivity contribution in [2.24, 2.45) is 63.5 Å². The maximum Gasteiger partial charge on any atom is 0.222 e. The first-order valence-corrected chi connectivity index (χ1v) is 22.9. The molecule has 1 amide bonds. The van der Waals surface area contributed by atoms with Crippen LogP contribution in [-0.2, 0) is 19.0 Å². The topological polar surface area (TPSA) is 126 Å². The molecular formula is C45H86N4O4. The van der Waals surface area contributed by atoms with Gasteiger partial charge in [-0.25, -0.2) is 0 Å². The molecule has 4 aliphatic rings. The Bertz CT molecular complexity index is 1020. The number of carbonyl (C=O) groups excluding carboxylic acids is 1.